The van der Waals surface area contributed by atoms with Crippen molar-refractivity contribution >= 4 is 24.0 Å². The molecule has 0 aliphatic heterocycles. The fourth-order valence-corrected chi connectivity index (χ4v) is 3.28. The van der Waals surface area contributed by atoms with E-state index in [2.05, 4.69) is 45.9 Å². The van der Waals surface area contributed by atoms with Gasteiger partial charge in [-0.05, 0) is 6.92 Å². The summed E-state index contributed by atoms with van der Waals surface area (Å²) in [6, 6.07) is -3.78. The lowest BCUT2D eigenvalue weighted by Crippen LogP contribution is -2.57. The van der Waals surface area contributed by atoms with Crippen LogP contribution in [0.15, 0.2) is 37.6 Å². The van der Waals surface area contributed by atoms with Gasteiger partial charge in [-0.15, -0.1) is 0 Å². The molecule has 0 fully saturated rings. The van der Waals surface area contributed by atoms with E-state index >= 15 is 0 Å². The molecule has 14 heteroatoms. The number of H-pyrrole nitrogens is 3. The molecular weight excluding hydrogens is 456 g/mol. The van der Waals surface area contributed by atoms with E-state index in [4.69, 9.17) is 5.73 Å². The molecule has 3 heterocycles. The highest BCUT2D eigenvalue weighted by atomic mass is 16.2. The van der Waals surface area contributed by atoms with Crippen molar-refractivity contribution in [2.24, 2.45) is 5.73 Å². The average Bonchev–Trinajstić information content (AvgIpc) is 3.61. The van der Waals surface area contributed by atoms with E-state index in [-0.39, 0.29) is 19.3 Å². The number of hydrogen-bond donors (Lipinski definition) is 7. The first-order chi connectivity index (χ1) is 16.9. The van der Waals surface area contributed by atoms with Crippen LogP contribution in [0.1, 0.15) is 24.0 Å². The van der Waals surface area contributed by atoms with Crippen molar-refractivity contribution < 1.29 is 19.2 Å². The first-order valence-corrected chi connectivity index (χ1v) is 10.9. The first kappa shape index (κ1) is 25.3. The smallest absolute Gasteiger partial charge is 0.243 e. The third-order valence-corrected chi connectivity index (χ3v) is 5.12. The highest BCUT2D eigenvalue weighted by Crippen LogP contribution is 2.05. The summed E-state index contributed by atoms with van der Waals surface area (Å²) in [5.74, 6) is -1.72. The summed E-state index contributed by atoms with van der Waals surface area (Å²) in [5.41, 5.74) is 7.50. The summed E-state index contributed by atoms with van der Waals surface area (Å²) < 4.78 is 0. The zero-order valence-electron chi connectivity index (χ0n) is 19.0. The molecule has 3 aromatic heterocycles. The second kappa shape index (κ2) is 12.2. The number of imidazole rings is 3. The molecule has 0 saturated heterocycles. The van der Waals surface area contributed by atoms with Crippen LogP contribution in [0.5, 0.6) is 0 Å². The van der Waals surface area contributed by atoms with Crippen LogP contribution in [0.4, 0.5) is 0 Å². The largest absolute Gasteiger partial charge is 0.348 e. The second-order valence-electron chi connectivity index (χ2n) is 8.01. The van der Waals surface area contributed by atoms with Crippen LogP contribution in [0.3, 0.4) is 0 Å². The summed E-state index contributed by atoms with van der Waals surface area (Å²) in [7, 11) is 0. The van der Waals surface area contributed by atoms with E-state index in [1.807, 2.05) is 0 Å². The lowest BCUT2D eigenvalue weighted by atomic mass is 10.1. The van der Waals surface area contributed by atoms with E-state index in [0.717, 1.165) is 0 Å². The highest BCUT2D eigenvalue weighted by Gasteiger charge is 2.29. The van der Waals surface area contributed by atoms with Crippen molar-refractivity contribution in [2.45, 2.75) is 50.4 Å². The molecule has 3 amide bonds. The summed E-state index contributed by atoms with van der Waals surface area (Å²) in [5, 5.41) is 7.91. The Morgan fingerprint density at radius 2 is 1.23 bits per heavy atom. The van der Waals surface area contributed by atoms with Crippen LogP contribution in [0, 0.1) is 0 Å². The molecule has 0 aliphatic rings. The lowest BCUT2D eigenvalue weighted by molar-refractivity contribution is -0.132. The van der Waals surface area contributed by atoms with Gasteiger partial charge in [-0.1, -0.05) is 0 Å². The Labute approximate surface area is 200 Å². The predicted octanol–water partition coefficient (Wildman–Crippen LogP) is -2.12. The number of nitrogens with zero attached hydrogens (tertiary/aromatic N) is 3. The minimum Gasteiger partial charge on any atom is -0.348 e. The van der Waals surface area contributed by atoms with Crippen molar-refractivity contribution in [3.8, 4) is 0 Å². The first-order valence-electron chi connectivity index (χ1n) is 10.9. The SMILES string of the molecule is C[C@H](N)C(=O)N[C@@H](Cc1cnc[nH]1)C(=O)N[C@@H](Cc1cnc[nH]1)C(=O)N[C@H](C=O)Cc1cnc[nH]1. The van der Waals surface area contributed by atoms with Crippen LogP contribution in [-0.2, 0) is 38.4 Å². The van der Waals surface area contributed by atoms with Crippen LogP contribution >= 0.6 is 0 Å². The van der Waals surface area contributed by atoms with E-state index in [1.54, 1.807) is 6.20 Å². The molecule has 14 nitrogen and oxygen atoms in total. The Morgan fingerprint density at radius 3 is 1.63 bits per heavy atom. The van der Waals surface area contributed by atoms with Crippen LogP contribution < -0.4 is 21.7 Å². The number of carbonyl (C=O) groups is 4. The van der Waals surface area contributed by atoms with Crippen molar-refractivity contribution in [1.82, 2.24) is 45.9 Å². The van der Waals surface area contributed by atoms with Gasteiger partial charge in [0.25, 0.3) is 0 Å². The van der Waals surface area contributed by atoms with Crippen LogP contribution in [0.2, 0.25) is 0 Å². The van der Waals surface area contributed by atoms with E-state index in [0.29, 0.717) is 23.4 Å². The minimum atomic E-state index is -1.07. The predicted molar refractivity (Wildman–Crippen MR) is 122 cm³/mol. The van der Waals surface area contributed by atoms with E-state index in [9.17, 15) is 19.2 Å². The molecule has 0 aromatic carbocycles. The molecule has 4 atom stereocenters. The molecule has 0 radical (unpaired) electrons. The van der Waals surface area contributed by atoms with Crippen molar-refractivity contribution in [2.75, 3.05) is 0 Å². The minimum absolute atomic E-state index is 0.0746. The van der Waals surface area contributed by atoms with Crippen LogP contribution in [-0.4, -0.2) is 78.1 Å². The highest BCUT2D eigenvalue weighted by molar-refractivity contribution is 5.93. The molecular formula is C21H28N10O4. The number of aromatic amines is 3. The molecule has 0 spiro atoms. The Morgan fingerprint density at radius 1 is 0.800 bits per heavy atom. The van der Waals surface area contributed by atoms with Gasteiger partial charge in [-0.25, -0.2) is 15.0 Å². The Kier molecular flexibility index (Phi) is 8.83. The molecule has 8 N–H and O–H groups in total. The van der Waals surface area contributed by atoms with E-state index in [1.165, 1.54) is 38.3 Å². The number of aldehydes is 1. The van der Waals surface area contributed by atoms with Crippen molar-refractivity contribution in [1.29, 1.82) is 0 Å². The summed E-state index contributed by atoms with van der Waals surface area (Å²) >= 11 is 0. The molecule has 0 saturated carbocycles. The number of carbonyl (C=O) groups excluding carboxylic acids is 4. The average molecular weight is 485 g/mol. The molecule has 186 valence electrons. The van der Waals surface area contributed by atoms with Gasteiger partial charge in [0.05, 0.1) is 31.1 Å². The third-order valence-electron chi connectivity index (χ3n) is 5.12. The zero-order chi connectivity index (χ0) is 25.2. The summed E-state index contributed by atoms with van der Waals surface area (Å²) in [6.07, 6.45) is 9.94. The van der Waals surface area contributed by atoms with Crippen molar-refractivity contribution in [3.63, 3.8) is 0 Å². The second-order valence-corrected chi connectivity index (χ2v) is 8.01. The third kappa shape index (κ3) is 7.60. The lowest BCUT2D eigenvalue weighted by Gasteiger charge is -2.24. The number of rotatable bonds is 13. The summed E-state index contributed by atoms with van der Waals surface area (Å²) in [6.45, 7) is 1.49. The van der Waals surface area contributed by atoms with Gasteiger partial charge >= 0.3 is 0 Å². The summed E-state index contributed by atoms with van der Waals surface area (Å²) in [4.78, 5) is 70.5. The van der Waals surface area contributed by atoms with Gasteiger partial charge in [-0.2, -0.15) is 0 Å². The number of nitrogens with one attached hydrogen (secondary N) is 6. The Balaban J connectivity index is 1.74. The number of aromatic nitrogens is 6. The van der Waals surface area contributed by atoms with E-state index < -0.39 is 41.9 Å². The van der Waals surface area contributed by atoms with Gasteiger partial charge in [0, 0.05) is 54.9 Å². The standard InChI is InChI=1S/C21H28N10O4/c1-12(22)19(33)30-18(4-15-7-25-11-28-15)21(35)31-17(3-14-6-24-10-27-14)20(34)29-16(8-32)2-13-5-23-9-26-13/h5-12,16-18H,2-4,22H2,1H3,(H,23,26)(H,24,27)(H,25,28)(H,29,34)(H,30,33)(H,31,35)/t12-,16-,17-,18-/m0/s1. The van der Waals surface area contributed by atoms with Crippen molar-refractivity contribution in [3.05, 3.63) is 54.7 Å². The molecule has 35 heavy (non-hydrogen) atoms. The van der Waals surface area contributed by atoms with Gasteiger partial charge in [0.15, 0.2) is 0 Å². The molecule has 0 aliphatic carbocycles. The molecule has 3 rings (SSSR count). The fourth-order valence-electron chi connectivity index (χ4n) is 3.28. The molecule has 0 unspecified atom stereocenters. The van der Waals surface area contributed by atoms with Gasteiger partial charge in [0.1, 0.15) is 18.4 Å². The fraction of sp³-hybridized carbons (Fsp3) is 0.381. The maximum Gasteiger partial charge on any atom is 0.243 e. The molecule has 0 bridgehead atoms. The maximum atomic E-state index is 13.2. The van der Waals surface area contributed by atoms with Gasteiger partial charge < -0.3 is 41.4 Å². The number of nitrogens with two attached hydrogens (primary N) is 1. The number of amides is 3. The topological polar surface area (TPSA) is 216 Å². The quantitative estimate of drug-likeness (QED) is 0.133. The normalized spacial score (nSPS) is 14.3. The monoisotopic (exact) mass is 484 g/mol. The zero-order valence-corrected chi connectivity index (χ0v) is 19.0. The number of hydrogen-bond acceptors (Lipinski definition) is 8. The van der Waals surface area contributed by atoms with Crippen LogP contribution in [0.25, 0.3) is 0 Å². The molecule has 3 aromatic rings. The van der Waals surface area contributed by atoms with Gasteiger partial charge in [0.2, 0.25) is 17.7 Å². The van der Waals surface area contributed by atoms with Gasteiger partial charge in [-0.3, -0.25) is 14.4 Å². The Bertz CT molecular complexity index is 1080. The maximum absolute atomic E-state index is 13.2. The Hall–Kier alpha value is -4.33.